The molecule has 0 radical (unpaired) electrons. The van der Waals surface area contributed by atoms with E-state index >= 15 is 0 Å². The van der Waals surface area contributed by atoms with Crippen LogP contribution in [0.25, 0.3) is 0 Å². The van der Waals surface area contributed by atoms with Gasteiger partial charge in [-0.15, -0.1) is 0 Å². The molecular weight excluding hydrogens is 240 g/mol. The largest absolute Gasteiger partial charge is 0.455 e. The van der Waals surface area contributed by atoms with Gasteiger partial charge in [0.1, 0.15) is 5.76 Å². The molecule has 0 unspecified atom stereocenters. The van der Waals surface area contributed by atoms with E-state index in [0.29, 0.717) is 5.76 Å². The van der Waals surface area contributed by atoms with Crippen molar-refractivity contribution in [2.75, 3.05) is 13.1 Å². The second-order valence-corrected chi connectivity index (χ2v) is 3.86. The molecule has 8 heteroatoms. The molecule has 0 bridgehead atoms. The van der Waals surface area contributed by atoms with Crippen LogP contribution in [0.15, 0.2) is 16.5 Å². The number of nitrogen functional groups attached to an aromatic ring is 1. The molecule has 18 heavy (non-hydrogen) atoms. The van der Waals surface area contributed by atoms with Crippen LogP contribution in [0.2, 0.25) is 0 Å². The highest BCUT2D eigenvalue weighted by Gasteiger charge is 2.23. The van der Waals surface area contributed by atoms with Crippen molar-refractivity contribution in [2.45, 2.75) is 6.54 Å². The number of imide groups is 1. The standard InChI is InChI=1S/C10H12N4O4/c11-13-10(17)7-2-1-6(18-7)3-14-4-8(15)12-9(16)5-14/h1-2H,3-5,11H2,(H,13,17)(H,12,15,16). The Kier molecular flexibility index (Phi) is 3.40. The number of nitrogens with two attached hydrogens (primary N) is 1. The van der Waals surface area contributed by atoms with E-state index in [1.54, 1.807) is 11.0 Å². The number of amides is 3. The number of nitrogens with one attached hydrogen (secondary N) is 2. The van der Waals surface area contributed by atoms with Crippen LogP contribution in [0.1, 0.15) is 16.3 Å². The molecule has 96 valence electrons. The highest BCUT2D eigenvalue weighted by molar-refractivity contribution is 5.99. The third-order valence-electron chi connectivity index (χ3n) is 2.41. The zero-order valence-corrected chi connectivity index (χ0v) is 9.43. The smallest absolute Gasteiger partial charge is 0.300 e. The molecule has 1 fully saturated rings. The van der Waals surface area contributed by atoms with E-state index in [-0.39, 0.29) is 37.2 Å². The maximum Gasteiger partial charge on any atom is 0.300 e. The minimum absolute atomic E-state index is 0.0836. The first-order chi connectivity index (χ1) is 8.58. The van der Waals surface area contributed by atoms with Gasteiger partial charge < -0.3 is 4.42 Å². The van der Waals surface area contributed by atoms with E-state index in [1.165, 1.54) is 6.07 Å². The molecule has 0 atom stereocenters. The first-order valence-corrected chi connectivity index (χ1v) is 5.23. The van der Waals surface area contributed by atoms with Crippen molar-refractivity contribution >= 4 is 17.7 Å². The Balaban J connectivity index is 2.01. The van der Waals surface area contributed by atoms with Crippen LogP contribution in [0.3, 0.4) is 0 Å². The van der Waals surface area contributed by atoms with E-state index < -0.39 is 5.91 Å². The van der Waals surface area contributed by atoms with Crippen LogP contribution in [0.4, 0.5) is 0 Å². The number of piperazine rings is 1. The fraction of sp³-hybridized carbons (Fsp3) is 0.300. The molecule has 1 aliphatic heterocycles. The van der Waals surface area contributed by atoms with Gasteiger partial charge in [-0.25, -0.2) is 5.84 Å². The fourth-order valence-electron chi connectivity index (χ4n) is 1.68. The van der Waals surface area contributed by atoms with Gasteiger partial charge >= 0.3 is 5.91 Å². The zero-order valence-electron chi connectivity index (χ0n) is 9.43. The van der Waals surface area contributed by atoms with E-state index in [1.807, 2.05) is 5.43 Å². The van der Waals surface area contributed by atoms with Crippen LogP contribution in [0.5, 0.6) is 0 Å². The van der Waals surface area contributed by atoms with Gasteiger partial charge in [0, 0.05) is 0 Å². The first-order valence-electron chi connectivity index (χ1n) is 5.23. The maximum absolute atomic E-state index is 11.2. The molecule has 8 nitrogen and oxygen atoms in total. The van der Waals surface area contributed by atoms with Crippen LogP contribution in [-0.4, -0.2) is 35.7 Å². The Labute approximate surface area is 102 Å². The summed E-state index contributed by atoms with van der Waals surface area (Å²) in [7, 11) is 0. The van der Waals surface area contributed by atoms with Gasteiger partial charge in [0.25, 0.3) is 0 Å². The summed E-state index contributed by atoms with van der Waals surface area (Å²) in [5.74, 6) is 4.30. The predicted molar refractivity (Wildman–Crippen MR) is 58.8 cm³/mol. The van der Waals surface area contributed by atoms with Crippen molar-refractivity contribution in [3.8, 4) is 0 Å². The van der Waals surface area contributed by atoms with E-state index in [4.69, 9.17) is 10.3 Å². The normalized spacial score (nSPS) is 16.5. The summed E-state index contributed by atoms with van der Waals surface area (Å²) in [6.07, 6.45) is 0. The van der Waals surface area contributed by atoms with Gasteiger partial charge in [0.2, 0.25) is 11.8 Å². The van der Waals surface area contributed by atoms with Crippen molar-refractivity contribution in [3.63, 3.8) is 0 Å². The van der Waals surface area contributed by atoms with Crippen molar-refractivity contribution in [1.29, 1.82) is 0 Å². The molecular formula is C10H12N4O4. The van der Waals surface area contributed by atoms with Gasteiger partial charge in [-0.2, -0.15) is 0 Å². The SMILES string of the molecule is NNC(=O)c1ccc(CN2CC(=O)NC(=O)C2)o1. The van der Waals surface area contributed by atoms with Crippen LogP contribution in [0, 0.1) is 0 Å². The van der Waals surface area contributed by atoms with Crippen molar-refractivity contribution in [2.24, 2.45) is 5.84 Å². The van der Waals surface area contributed by atoms with E-state index in [2.05, 4.69) is 5.32 Å². The zero-order chi connectivity index (χ0) is 13.1. The Bertz CT molecular complexity index is 480. The lowest BCUT2D eigenvalue weighted by atomic mass is 10.3. The molecule has 1 aromatic rings. The molecule has 1 aliphatic rings. The molecule has 1 aromatic heterocycles. The minimum Gasteiger partial charge on any atom is -0.455 e. The van der Waals surface area contributed by atoms with E-state index in [0.717, 1.165) is 0 Å². The topological polar surface area (TPSA) is 118 Å². The summed E-state index contributed by atoms with van der Waals surface area (Å²) in [6, 6.07) is 3.07. The van der Waals surface area contributed by atoms with Crippen LogP contribution < -0.4 is 16.6 Å². The lowest BCUT2D eigenvalue weighted by Gasteiger charge is -2.23. The molecule has 4 N–H and O–H groups in total. The fourth-order valence-corrected chi connectivity index (χ4v) is 1.68. The summed E-state index contributed by atoms with van der Waals surface area (Å²) >= 11 is 0. The molecule has 0 aromatic carbocycles. The van der Waals surface area contributed by atoms with Gasteiger partial charge in [-0.3, -0.25) is 30.0 Å². The Morgan fingerprint density at radius 2 is 2.06 bits per heavy atom. The number of rotatable bonds is 3. The van der Waals surface area contributed by atoms with Crippen LogP contribution in [-0.2, 0) is 16.1 Å². The summed E-state index contributed by atoms with van der Waals surface area (Å²) in [5, 5.41) is 2.20. The summed E-state index contributed by atoms with van der Waals surface area (Å²) < 4.78 is 5.23. The Morgan fingerprint density at radius 3 is 2.67 bits per heavy atom. The number of hydrogen-bond acceptors (Lipinski definition) is 6. The third-order valence-corrected chi connectivity index (χ3v) is 2.41. The number of carbonyl (C=O) groups excluding carboxylic acids is 3. The molecule has 1 saturated heterocycles. The molecule has 3 amide bonds. The highest BCUT2D eigenvalue weighted by atomic mass is 16.4. The third kappa shape index (κ3) is 2.73. The molecule has 2 rings (SSSR count). The molecule has 0 aliphatic carbocycles. The van der Waals surface area contributed by atoms with Gasteiger partial charge in [0.05, 0.1) is 19.6 Å². The maximum atomic E-state index is 11.2. The quantitative estimate of drug-likeness (QED) is 0.256. The lowest BCUT2D eigenvalue weighted by molar-refractivity contribution is -0.136. The number of furan rings is 1. The Morgan fingerprint density at radius 1 is 1.39 bits per heavy atom. The van der Waals surface area contributed by atoms with Gasteiger partial charge in [-0.1, -0.05) is 0 Å². The second-order valence-electron chi connectivity index (χ2n) is 3.86. The first kappa shape index (κ1) is 12.3. The minimum atomic E-state index is -0.534. The predicted octanol–water partition coefficient (Wildman–Crippen LogP) is -1.66. The summed E-state index contributed by atoms with van der Waals surface area (Å²) in [5.41, 5.74) is 1.95. The van der Waals surface area contributed by atoms with Gasteiger partial charge in [0.15, 0.2) is 5.76 Å². The van der Waals surface area contributed by atoms with Crippen molar-refractivity contribution in [3.05, 3.63) is 23.7 Å². The highest BCUT2D eigenvalue weighted by Crippen LogP contribution is 2.11. The average Bonchev–Trinajstić information content (AvgIpc) is 2.75. The van der Waals surface area contributed by atoms with Crippen molar-refractivity contribution in [1.82, 2.24) is 15.6 Å². The number of hydrogen-bond donors (Lipinski definition) is 3. The average molecular weight is 252 g/mol. The molecule has 2 heterocycles. The Hall–Kier alpha value is -2.19. The monoisotopic (exact) mass is 252 g/mol. The van der Waals surface area contributed by atoms with Gasteiger partial charge in [-0.05, 0) is 12.1 Å². The lowest BCUT2D eigenvalue weighted by Crippen LogP contribution is -2.50. The van der Waals surface area contributed by atoms with E-state index in [9.17, 15) is 14.4 Å². The number of carbonyl (C=O) groups is 3. The second kappa shape index (κ2) is 4.98. The molecule has 0 spiro atoms. The molecule has 0 saturated carbocycles. The summed E-state index contributed by atoms with van der Waals surface area (Å²) in [6.45, 7) is 0.507. The number of nitrogens with zero attached hydrogens (tertiary/aromatic N) is 1. The van der Waals surface area contributed by atoms with Crippen LogP contribution >= 0.6 is 0 Å². The summed E-state index contributed by atoms with van der Waals surface area (Å²) in [4.78, 5) is 35.1. The van der Waals surface area contributed by atoms with Crippen molar-refractivity contribution < 1.29 is 18.8 Å². The number of hydrazine groups is 1.